The van der Waals surface area contributed by atoms with Crippen LogP contribution in [0, 0.1) is 11.8 Å². The first-order valence-corrected chi connectivity index (χ1v) is 12.0. The fourth-order valence-corrected chi connectivity index (χ4v) is 5.08. The van der Waals surface area contributed by atoms with Crippen molar-refractivity contribution < 1.29 is 0 Å². The first-order chi connectivity index (χ1) is 15.2. The lowest BCUT2D eigenvalue weighted by atomic mass is 9.83. The summed E-state index contributed by atoms with van der Waals surface area (Å²) in [6.45, 7) is 0. The molecule has 3 aliphatic rings. The third-order valence-electron chi connectivity index (χ3n) is 6.95. The smallest absolute Gasteiger partial charge is 0.129 e. The molecule has 1 N–H and O–H groups in total. The van der Waals surface area contributed by atoms with E-state index in [2.05, 4.69) is 44.5 Å². The molecule has 0 spiro atoms. The number of aromatic nitrogens is 4. The monoisotopic (exact) mass is 438 g/mol. The highest BCUT2D eigenvalue weighted by Gasteiger charge is 2.28. The maximum absolute atomic E-state index is 6.57. The highest BCUT2D eigenvalue weighted by Crippen LogP contribution is 2.39. The number of nitrogens with zero attached hydrogens (tertiary/aromatic N) is 5. The summed E-state index contributed by atoms with van der Waals surface area (Å²) in [4.78, 5) is 9.49. The number of rotatable bonds is 7. The van der Waals surface area contributed by atoms with Crippen LogP contribution in [0.15, 0.2) is 42.6 Å². The summed E-state index contributed by atoms with van der Waals surface area (Å²) in [6, 6.07) is 2.58. The summed E-state index contributed by atoms with van der Waals surface area (Å²) in [7, 11) is 2.07. The Labute approximate surface area is 189 Å². The third-order valence-corrected chi connectivity index (χ3v) is 7.23. The van der Waals surface area contributed by atoms with Crippen molar-refractivity contribution in [2.24, 2.45) is 11.8 Å². The second kappa shape index (κ2) is 9.03. The third kappa shape index (κ3) is 4.79. The minimum absolute atomic E-state index is 0.560. The SMILES string of the molecule is CN1NC=CC(c2nc(CCC3CCC(n4cccn4)CC3)ncc2Cl)=C1CC1CC1. The Bertz CT molecular complexity index is 954. The van der Waals surface area contributed by atoms with Gasteiger partial charge in [-0.2, -0.15) is 5.10 Å². The molecule has 0 bridgehead atoms. The lowest BCUT2D eigenvalue weighted by molar-refractivity contribution is 0.250. The van der Waals surface area contributed by atoms with Crippen molar-refractivity contribution >= 4 is 17.2 Å². The summed E-state index contributed by atoms with van der Waals surface area (Å²) in [5.74, 6) is 2.43. The molecule has 2 aromatic heterocycles. The molecule has 0 saturated heterocycles. The largest absolute Gasteiger partial charge is 0.306 e. The maximum Gasteiger partial charge on any atom is 0.129 e. The quantitative estimate of drug-likeness (QED) is 0.646. The molecule has 1 aliphatic heterocycles. The highest BCUT2D eigenvalue weighted by molar-refractivity contribution is 6.32. The topological polar surface area (TPSA) is 58.9 Å². The minimum atomic E-state index is 0.560. The molecule has 6 nitrogen and oxygen atoms in total. The van der Waals surface area contributed by atoms with Crippen LogP contribution in [0.3, 0.4) is 0 Å². The Hall–Kier alpha value is -2.34. The van der Waals surface area contributed by atoms with Crippen molar-refractivity contribution in [3.63, 3.8) is 0 Å². The van der Waals surface area contributed by atoms with Gasteiger partial charge < -0.3 is 5.43 Å². The zero-order valence-electron chi connectivity index (χ0n) is 18.2. The summed E-state index contributed by atoms with van der Waals surface area (Å²) in [5.41, 5.74) is 6.55. The average molecular weight is 439 g/mol. The van der Waals surface area contributed by atoms with Gasteiger partial charge in [0.25, 0.3) is 0 Å². The summed E-state index contributed by atoms with van der Waals surface area (Å²) < 4.78 is 2.13. The van der Waals surface area contributed by atoms with E-state index in [4.69, 9.17) is 16.6 Å². The van der Waals surface area contributed by atoms with E-state index in [0.717, 1.165) is 48.2 Å². The summed E-state index contributed by atoms with van der Waals surface area (Å²) in [5, 5.41) is 7.15. The zero-order valence-corrected chi connectivity index (χ0v) is 18.9. The molecule has 0 aromatic carbocycles. The first kappa shape index (κ1) is 20.6. The maximum atomic E-state index is 6.57. The molecule has 7 heteroatoms. The van der Waals surface area contributed by atoms with Gasteiger partial charge >= 0.3 is 0 Å². The Morgan fingerprint density at radius 2 is 1.94 bits per heavy atom. The Morgan fingerprint density at radius 1 is 1.13 bits per heavy atom. The van der Waals surface area contributed by atoms with Crippen molar-refractivity contribution in [3.8, 4) is 0 Å². The number of nitrogens with one attached hydrogen (secondary N) is 1. The van der Waals surface area contributed by atoms with Crippen molar-refractivity contribution in [1.82, 2.24) is 30.2 Å². The number of hydrazine groups is 1. The number of aryl methyl sites for hydroxylation is 1. The van der Waals surface area contributed by atoms with Gasteiger partial charge in [0.2, 0.25) is 0 Å². The Kier molecular flexibility index (Phi) is 5.99. The van der Waals surface area contributed by atoms with Crippen molar-refractivity contribution in [2.75, 3.05) is 7.05 Å². The van der Waals surface area contributed by atoms with E-state index in [1.165, 1.54) is 44.2 Å². The van der Waals surface area contributed by atoms with Crippen molar-refractivity contribution in [1.29, 1.82) is 0 Å². The first-order valence-electron chi connectivity index (χ1n) is 11.6. The molecule has 5 rings (SSSR count). The standard InChI is InChI=1S/C24H31ClN6/c1-30-22(15-18-3-4-18)20(11-13-27-30)24-21(25)16-26-23(29-24)10-7-17-5-8-19(9-6-17)31-14-2-12-28-31/h2,11-14,16-19,27H,3-10,15H2,1H3. The van der Waals surface area contributed by atoms with Gasteiger partial charge in [-0.05, 0) is 75.3 Å². The average Bonchev–Trinajstić information content (AvgIpc) is 3.44. The van der Waals surface area contributed by atoms with Crippen LogP contribution in [0.5, 0.6) is 0 Å². The molecule has 3 heterocycles. The minimum Gasteiger partial charge on any atom is -0.306 e. The number of hydrogen-bond donors (Lipinski definition) is 1. The zero-order chi connectivity index (χ0) is 21.2. The molecule has 0 radical (unpaired) electrons. The van der Waals surface area contributed by atoms with E-state index < -0.39 is 0 Å². The van der Waals surface area contributed by atoms with Gasteiger partial charge in [0.05, 0.1) is 16.8 Å². The molecule has 2 saturated carbocycles. The predicted molar refractivity (Wildman–Crippen MR) is 123 cm³/mol. The van der Waals surface area contributed by atoms with Crippen LogP contribution in [0.25, 0.3) is 5.57 Å². The Balaban J connectivity index is 1.25. The van der Waals surface area contributed by atoms with E-state index in [0.29, 0.717) is 11.1 Å². The highest BCUT2D eigenvalue weighted by atomic mass is 35.5. The Morgan fingerprint density at radius 3 is 2.68 bits per heavy atom. The van der Waals surface area contributed by atoms with Crippen molar-refractivity contribution in [2.45, 2.75) is 63.8 Å². The molecule has 2 aromatic rings. The van der Waals surface area contributed by atoms with Crippen LogP contribution < -0.4 is 5.43 Å². The van der Waals surface area contributed by atoms with E-state index in [-0.39, 0.29) is 0 Å². The fourth-order valence-electron chi connectivity index (χ4n) is 4.89. The molecule has 0 unspecified atom stereocenters. The molecule has 164 valence electrons. The van der Waals surface area contributed by atoms with Crippen LogP contribution in [0.4, 0.5) is 0 Å². The number of halogens is 1. The number of hydrogen-bond acceptors (Lipinski definition) is 5. The van der Waals surface area contributed by atoms with E-state index in [9.17, 15) is 0 Å². The van der Waals surface area contributed by atoms with Gasteiger partial charge in [-0.1, -0.05) is 11.6 Å². The predicted octanol–water partition coefficient (Wildman–Crippen LogP) is 5.17. The number of allylic oxidation sites excluding steroid dienone is 3. The van der Waals surface area contributed by atoms with Gasteiger partial charge in [-0.3, -0.25) is 9.69 Å². The van der Waals surface area contributed by atoms with Gasteiger partial charge in [-0.15, -0.1) is 0 Å². The molecular formula is C24H31ClN6. The van der Waals surface area contributed by atoms with Gasteiger partial charge in [0.15, 0.2) is 0 Å². The van der Waals surface area contributed by atoms with Gasteiger partial charge in [-0.25, -0.2) is 9.97 Å². The van der Waals surface area contributed by atoms with Crippen LogP contribution >= 0.6 is 11.6 Å². The van der Waals surface area contributed by atoms with Crippen LogP contribution in [0.2, 0.25) is 5.02 Å². The molecule has 2 fully saturated rings. The fraction of sp³-hybridized carbons (Fsp3) is 0.542. The van der Waals surface area contributed by atoms with E-state index in [1.54, 1.807) is 6.20 Å². The second-order valence-electron chi connectivity index (χ2n) is 9.21. The lowest BCUT2D eigenvalue weighted by Gasteiger charge is -2.29. The van der Waals surface area contributed by atoms with Crippen molar-refractivity contribution in [3.05, 3.63) is 59.2 Å². The summed E-state index contributed by atoms with van der Waals surface area (Å²) >= 11 is 6.57. The second-order valence-corrected chi connectivity index (χ2v) is 9.62. The van der Waals surface area contributed by atoms with E-state index >= 15 is 0 Å². The molecule has 31 heavy (non-hydrogen) atoms. The van der Waals surface area contributed by atoms with Crippen LogP contribution in [-0.4, -0.2) is 31.8 Å². The molecule has 0 amide bonds. The van der Waals surface area contributed by atoms with Crippen LogP contribution in [-0.2, 0) is 6.42 Å². The van der Waals surface area contributed by atoms with Gasteiger partial charge in [0.1, 0.15) is 5.82 Å². The molecule has 0 atom stereocenters. The summed E-state index contributed by atoms with van der Waals surface area (Å²) in [6.07, 6.45) is 20.5. The van der Waals surface area contributed by atoms with Gasteiger partial charge in [0, 0.05) is 49.5 Å². The normalized spacial score (nSPS) is 23.9. The molecular weight excluding hydrogens is 408 g/mol. The lowest BCUT2D eigenvalue weighted by Crippen LogP contribution is -2.32. The van der Waals surface area contributed by atoms with Crippen LogP contribution in [0.1, 0.15) is 68.9 Å². The van der Waals surface area contributed by atoms with E-state index in [1.807, 2.05) is 18.5 Å². The molecule has 2 aliphatic carbocycles.